The molecule has 0 aliphatic carbocycles. The van der Waals surface area contributed by atoms with E-state index in [1.165, 1.54) is 0 Å². The first-order valence-electron chi connectivity index (χ1n) is 5.77. The molecule has 1 saturated heterocycles. The molecular weight excluding hydrogens is 210 g/mol. The van der Waals surface area contributed by atoms with Crippen molar-refractivity contribution >= 4 is 11.9 Å². The second-order valence-electron chi connectivity index (χ2n) is 4.17. The average molecular weight is 229 g/mol. The molecule has 5 nitrogen and oxygen atoms in total. The van der Waals surface area contributed by atoms with Crippen molar-refractivity contribution in [1.82, 2.24) is 4.90 Å². The molecule has 5 heteroatoms. The summed E-state index contributed by atoms with van der Waals surface area (Å²) in [5, 5.41) is 17.5. The van der Waals surface area contributed by atoms with E-state index in [4.69, 9.17) is 10.2 Å². The first-order chi connectivity index (χ1) is 7.65. The molecule has 0 saturated carbocycles. The summed E-state index contributed by atoms with van der Waals surface area (Å²) < 4.78 is 0. The van der Waals surface area contributed by atoms with E-state index in [-0.39, 0.29) is 25.0 Å². The molecule has 1 heterocycles. The summed E-state index contributed by atoms with van der Waals surface area (Å²) in [6.07, 6.45) is 3.49. The highest BCUT2D eigenvalue weighted by Gasteiger charge is 2.27. The van der Waals surface area contributed by atoms with E-state index in [1.807, 2.05) is 0 Å². The number of carboxylic acid groups (broad SMARTS) is 1. The van der Waals surface area contributed by atoms with Gasteiger partial charge in [-0.15, -0.1) is 0 Å². The van der Waals surface area contributed by atoms with E-state index in [1.54, 1.807) is 4.90 Å². The quantitative estimate of drug-likeness (QED) is 0.654. The molecule has 92 valence electrons. The summed E-state index contributed by atoms with van der Waals surface area (Å²) in [5.74, 6) is -0.774. The van der Waals surface area contributed by atoms with Gasteiger partial charge in [-0.05, 0) is 25.7 Å². The largest absolute Gasteiger partial charge is 0.481 e. The van der Waals surface area contributed by atoms with Crippen molar-refractivity contribution in [2.45, 2.75) is 44.6 Å². The molecule has 1 rings (SSSR count). The maximum Gasteiger partial charge on any atom is 0.303 e. The maximum absolute atomic E-state index is 11.7. The van der Waals surface area contributed by atoms with Crippen LogP contribution >= 0.6 is 0 Å². The predicted octanol–water partition coefficient (Wildman–Crippen LogP) is 0.615. The molecule has 0 radical (unpaired) electrons. The Labute approximate surface area is 95.1 Å². The molecule has 0 aromatic carbocycles. The van der Waals surface area contributed by atoms with Crippen LogP contribution in [0.4, 0.5) is 0 Å². The second-order valence-corrected chi connectivity index (χ2v) is 4.17. The van der Waals surface area contributed by atoms with Gasteiger partial charge in [0, 0.05) is 19.4 Å². The molecule has 0 bridgehead atoms. The number of unbranched alkanes of at least 4 members (excludes halogenated alkanes) is 1. The fourth-order valence-corrected chi connectivity index (χ4v) is 2.05. The smallest absolute Gasteiger partial charge is 0.303 e. The summed E-state index contributed by atoms with van der Waals surface area (Å²) in [7, 11) is 0. The fraction of sp³-hybridized carbons (Fsp3) is 0.818. The topological polar surface area (TPSA) is 77.8 Å². The Kier molecular flexibility index (Phi) is 5.25. The van der Waals surface area contributed by atoms with Crippen molar-refractivity contribution in [3.63, 3.8) is 0 Å². The Morgan fingerprint density at radius 1 is 1.25 bits per heavy atom. The summed E-state index contributed by atoms with van der Waals surface area (Å²) in [6, 6.07) is -0.0213. The van der Waals surface area contributed by atoms with Gasteiger partial charge in [-0.1, -0.05) is 0 Å². The third-order valence-corrected chi connectivity index (χ3v) is 2.94. The molecule has 1 amide bonds. The lowest BCUT2D eigenvalue weighted by atomic mass is 10.1. The van der Waals surface area contributed by atoms with Crippen molar-refractivity contribution in [2.75, 3.05) is 13.2 Å². The van der Waals surface area contributed by atoms with Crippen molar-refractivity contribution in [3.8, 4) is 0 Å². The number of hydrogen-bond donors (Lipinski definition) is 2. The van der Waals surface area contributed by atoms with Crippen molar-refractivity contribution in [1.29, 1.82) is 0 Å². The Morgan fingerprint density at radius 2 is 1.94 bits per heavy atom. The monoisotopic (exact) mass is 229 g/mol. The molecule has 0 aromatic heterocycles. The number of rotatable bonds is 6. The van der Waals surface area contributed by atoms with Crippen LogP contribution < -0.4 is 0 Å². The number of nitrogens with zero attached hydrogens (tertiary/aromatic N) is 1. The third kappa shape index (κ3) is 3.81. The first-order valence-corrected chi connectivity index (χ1v) is 5.77. The Balaban J connectivity index is 2.21. The normalized spacial score (nSPS) is 20.1. The number of carbonyl (C=O) groups is 2. The number of aliphatic hydroxyl groups is 1. The van der Waals surface area contributed by atoms with Gasteiger partial charge < -0.3 is 15.1 Å². The van der Waals surface area contributed by atoms with Crippen molar-refractivity contribution < 1.29 is 19.8 Å². The van der Waals surface area contributed by atoms with E-state index in [2.05, 4.69) is 0 Å². The molecule has 0 aromatic rings. The zero-order valence-electron chi connectivity index (χ0n) is 9.39. The van der Waals surface area contributed by atoms with Crippen LogP contribution in [0.2, 0.25) is 0 Å². The fourth-order valence-electron chi connectivity index (χ4n) is 2.05. The molecule has 1 aliphatic rings. The van der Waals surface area contributed by atoms with E-state index in [0.29, 0.717) is 19.3 Å². The van der Waals surface area contributed by atoms with Gasteiger partial charge in [0.25, 0.3) is 0 Å². The molecule has 16 heavy (non-hydrogen) atoms. The second kappa shape index (κ2) is 6.48. The Bertz CT molecular complexity index is 254. The van der Waals surface area contributed by atoms with Gasteiger partial charge in [0.05, 0.1) is 12.6 Å². The number of amides is 1. The number of likely N-dealkylation sites (tertiary alicyclic amines) is 1. The van der Waals surface area contributed by atoms with Gasteiger partial charge in [-0.25, -0.2) is 0 Å². The van der Waals surface area contributed by atoms with Gasteiger partial charge in [0.1, 0.15) is 0 Å². The molecule has 1 fully saturated rings. The zero-order chi connectivity index (χ0) is 12.0. The summed E-state index contributed by atoms with van der Waals surface area (Å²) in [6.45, 7) is 0.754. The minimum absolute atomic E-state index is 0.0213. The number of carboxylic acids is 1. The lowest BCUT2D eigenvalue weighted by Crippen LogP contribution is -2.37. The van der Waals surface area contributed by atoms with Gasteiger partial charge in [0.15, 0.2) is 0 Å². The molecule has 2 N–H and O–H groups in total. The summed E-state index contributed by atoms with van der Waals surface area (Å²) >= 11 is 0. The van der Waals surface area contributed by atoms with Crippen LogP contribution in [-0.2, 0) is 9.59 Å². The average Bonchev–Trinajstić information content (AvgIpc) is 2.71. The van der Waals surface area contributed by atoms with Gasteiger partial charge in [-0.3, -0.25) is 9.59 Å². The lowest BCUT2D eigenvalue weighted by molar-refractivity contribution is -0.137. The molecule has 1 atom stereocenters. The SMILES string of the molecule is O=C(O)CCCCC(=O)N1CCC[C@@H]1CO. The number of hydrogen-bond acceptors (Lipinski definition) is 3. The van der Waals surface area contributed by atoms with E-state index in [0.717, 1.165) is 19.4 Å². The lowest BCUT2D eigenvalue weighted by Gasteiger charge is -2.22. The minimum atomic E-state index is -0.818. The highest BCUT2D eigenvalue weighted by atomic mass is 16.4. The van der Waals surface area contributed by atoms with Crippen LogP contribution in [-0.4, -0.2) is 46.2 Å². The predicted molar refractivity (Wildman–Crippen MR) is 57.9 cm³/mol. The van der Waals surface area contributed by atoms with E-state index >= 15 is 0 Å². The molecule has 0 unspecified atom stereocenters. The van der Waals surface area contributed by atoms with Crippen LogP contribution in [0, 0.1) is 0 Å². The van der Waals surface area contributed by atoms with Crippen molar-refractivity contribution in [2.24, 2.45) is 0 Å². The number of aliphatic carboxylic acids is 1. The van der Waals surface area contributed by atoms with Crippen LogP contribution in [0.5, 0.6) is 0 Å². The van der Waals surface area contributed by atoms with E-state index in [9.17, 15) is 9.59 Å². The Hall–Kier alpha value is -1.10. The summed E-state index contributed by atoms with van der Waals surface area (Å²) in [5.41, 5.74) is 0. The maximum atomic E-state index is 11.7. The molecule has 1 aliphatic heterocycles. The van der Waals surface area contributed by atoms with Crippen LogP contribution in [0.1, 0.15) is 38.5 Å². The van der Waals surface area contributed by atoms with Crippen molar-refractivity contribution in [3.05, 3.63) is 0 Å². The first kappa shape index (κ1) is 13.0. The number of carbonyl (C=O) groups excluding carboxylic acids is 1. The standard InChI is InChI=1S/C11H19NO4/c13-8-9-4-3-7-12(9)10(14)5-1-2-6-11(15)16/h9,13H,1-8H2,(H,15,16)/t9-/m1/s1. The molecule has 0 spiro atoms. The van der Waals surface area contributed by atoms with E-state index < -0.39 is 5.97 Å². The summed E-state index contributed by atoms with van der Waals surface area (Å²) in [4.78, 5) is 23.7. The zero-order valence-corrected chi connectivity index (χ0v) is 9.39. The highest BCUT2D eigenvalue weighted by molar-refractivity contribution is 5.76. The number of aliphatic hydroxyl groups excluding tert-OH is 1. The third-order valence-electron chi connectivity index (χ3n) is 2.94. The molecular formula is C11H19NO4. The minimum Gasteiger partial charge on any atom is -0.481 e. The van der Waals surface area contributed by atoms with Crippen LogP contribution in [0.15, 0.2) is 0 Å². The van der Waals surface area contributed by atoms with Crippen LogP contribution in [0.25, 0.3) is 0 Å². The van der Waals surface area contributed by atoms with Crippen LogP contribution in [0.3, 0.4) is 0 Å². The van der Waals surface area contributed by atoms with Gasteiger partial charge in [0.2, 0.25) is 5.91 Å². The highest BCUT2D eigenvalue weighted by Crippen LogP contribution is 2.18. The van der Waals surface area contributed by atoms with Gasteiger partial charge >= 0.3 is 5.97 Å². The van der Waals surface area contributed by atoms with Gasteiger partial charge in [-0.2, -0.15) is 0 Å². The Morgan fingerprint density at radius 3 is 2.56 bits per heavy atom.